The molecular weight excluding hydrogens is 403 g/mol. The summed E-state index contributed by atoms with van der Waals surface area (Å²) in [7, 11) is 2.23. The van der Waals surface area contributed by atoms with E-state index in [0.717, 1.165) is 35.1 Å². The molecule has 0 bridgehead atoms. The summed E-state index contributed by atoms with van der Waals surface area (Å²) in [5.41, 5.74) is 4.31. The summed E-state index contributed by atoms with van der Waals surface area (Å²) in [5, 5.41) is 0.900. The van der Waals surface area contributed by atoms with Gasteiger partial charge in [-0.15, -0.1) is 0 Å². The number of halogens is 1. The molecule has 0 radical (unpaired) electrons. The van der Waals surface area contributed by atoms with Crippen LogP contribution in [0.5, 0.6) is 0 Å². The highest BCUT2D eigenvalue weighted by Gasteiger charge is 2.21. The number of carbonyl (C=O) groups excluding carboxylic acids is 1. The molecule has 0 spiro atoms. The molecule has 5 heteroatoms. The summed E-state index contributed by atoms with van der Waals surface area (Å²) in [5.74, 6) is -0.663. The monoisotopic (exact) mass is 436 g/mol. The summed E-state index contributed by atoms with van der Waals surface area (Å²) in [6.45, 7) is 4.72. The SMILES string of the molecule is Cc1[nH]c2ccc(CCN(C)C3CCCCC3)cc2c1C(=O)OC(C)c1ccc(F)cc1. The number of rotatable bonds is 7. The van der Waals surface area contributed by atoms with Gasteiger partial charge in [0.05, 0.1) is 5.56 Å². The average molecular weight is 437 g/mol. The molecule has 1 fully saturated rings. The fourth-order valence-electron chi connectivity index (χ4n) is 4.82. The average Bonchev–Trinajstić information content (AvgIpc) is 3.13. The third-order valence-corrected chi connectivity index (χ3v) is 6.83. The number of benzene rings is 2. The summed E-state index contributed by atoms with van der Waals surface area (Å²) in [6, 6.07) is 13.1. The Labute approximate surface area is 189 Å². The van der Waals surface area contributed by atoms with Gasteiger partial charge in [0.2, 0.25) is 0 Å². The van der Waals surface area contributed by atoms with Crippen molar-refractivity contribution in [3.8, 4) is 0 Å². The van der Waals surface area contributed by atoms with Crippen LogP contribution in [0.3, 0.4) is 0 Å². The first-order valence-electron chi connectivity index (χ1n) is 11.7. The molecule has 0 amide bonds. The standard InChI is InChI=1S/C27H33FN2O2/c1-18-26(27(31)32-19(2)21-10-12-22(28)13-11-21)24-17-20(9-14-25(24)29-18)15-16-30(3)23-7-5-4-6-8-23/h9-14,17,19,23,29H,4-8,15-16H2,1-3H3. The van der Waals surface area contributed by atoms with E-state index in [4.69, 9.17) is 4.74 Å². The number of aromatic nitrogens is 1. The molecule has 0 aliphatic heterocycles. The minimum Gasteiger partial charge on any atom is -0.454 e. The van der Waals surface area contributed by atoms with E-state index in [1.807, 2.05) is 13.8 Å². The first-order chi connectivity index (χ1) is 15.4. The second-order valence-electron chi connectivity index (χ2n) is 9.13. The number of carbonyl (C=O) groups is 1. The van der Waals surface area contributed by atoms with Gasteiger partial charge in [-0.05, 0) is 75.5 Å². The van der Waals surface area contributed by atoms with Crippen LogP contribution in [0.1, 0.15) is 72.3 Å². The maximum absolute atomic E-state index is 13.2. The van der Waals surface area contributed by atoms with E-state index in [0.29, 0.717) is 11.6 Å². The van der Waals surface area contributed by atoms with E-state index < -0.39 is 6.10 Å². The Bertz CT molecular complexity index is 1070. The van der Waals surface area contributed by atoms with Crippen molar-refractivity contribution in [1.29, 1.82) is 0 Å². The molecule has 0 saturated heterocycles. The molecule has 32 heavy (non-hydrogen) atoms. The van der Waals surface area contributed by atoms with Crippen molar-refractivity contribution in [3.63, 3.8) is 0 Å². The van der Waals surface area contributed by atoms with Crippen molar-refractivity contribution >= 4 is 16.9 Å². The van der Waals surface area contributed by atoms with E-state index in [2.05, 4.69) is 35.1 Å². The lowest BCUT2D eigenvalue weighted by Gasteiger charge is -2.31. The highest BCUT2D eigenvalue weighted by atomic mass is 19.1. The topological polar surface area (TPSA) is 45.3 Å². The Balaban J connectivity index is 1.48. The van der Waals surface area contributed by atoms with E-state index in [1.54, 1.807) is 12.1 Å². The summed E-state index contributed by atoms with van der Waals surface area (Å²) in [6.07, 6.45) is 7.14. The number of esters is 1. The number of aromatic amines is 1. The number of hydrogen-bond donors (Lipinski definition) is 1. The van der Waals surface area contributed by atoms with Gasteiger partial charge in [0.25, 0.3) is 0 Å². The zero-order valence-corrected chi connectivity index (χ0v) is 19.3. The second-order valence-corrected chi connectivity index (χ2v) is 9.13. The number of fused-ring (bicyclic) bond motifs is 1. The second kappa shape index (κ2) is 9.86. The van der Waals surface area contributed by atoms with Gasteiger partial charge in [-0.25, -0.2) is 9.18 Å². The Kier molecular flexibility index (Phi) is 6.95. The zero-order valence-electron chi connectivity index (χ0n) is 19.3. The molecule has 3 aromatic rings. The van der Waals surface area contributed by atoms with Gasteiger partial charge in [0.15, 0.2) is 0 Å². The van der Waals surface area contributed by atoms with E-state index in [1.165, 1.54) is 49.8 Å². The normalized spacial score (nSPS) is 15.9. The molecule has 1 aliphatic rings. The Morgan fingerprint density at radius 3 is 2.59 bits per heavy atom. The Morgan fingerprint density at radius 1 is 1.16 bits per heavy atom. The van der Waals surface area contributed by atoms with Crippen molar-refractivity contribution in [1.82, 2.24) is 9.88 Å². The van der Waals surface area contributed by atoms with Gasteiger partial charge in [-0.2, -0.15) is 0 Å². The van der Waals surface area contributed by atoms with Crippen LogP contribution >= 0.6 is 0 Å². The molecule has 1 aromatic heterocycles. The highest BCUT2D eigenvalue weighted by Crippen LogP contribution is 2.28. The summed E-state index contributed by atoms with van der Waals surface area (Å²) in [4.78, 5) is 18.9. The number of ether oxygens (including phenoxy) is 1. The number of H-pyrrole nitrogens is 1. The number of nitrogens with one attached hydrogen (secondary N) is 1. The van der Waals surface area contributed by atoms with Gasteiger partial charge in [0.1, 0.15) is 11.9 Å². The lowest BCUT2D eigenvalue weighted by molar-refractivity contribution is 0.0339. The van der Waals surface area contributed by atoms with E-state index in [-0.39, 0.29) is 11.8 Å². The molecule has 2 aromatic carbocycles. The van der Waals surface area contributed by atoms with E-state index >= 15 is 0 Å². The predicted molar refractivity (Wildman–Crippen MR) is 126 cm³/mol. The quantitative estimate of drug-likeness (QED) is 0.440. The van der Waals surface area contributed by atoms with Crippen LogP contribution < -0.4 is 0 Å². The third-order valence-electron chi connectivity index (χ3n) is 6.83. The Hall–Kier alpha value is -2.66. The number of hydrogen-bond acceptors (Lipinski definition) is 3. The van der Waals surface area contributed by atoms with Crippen LogP contribution in [0.25, 0.3) is 10.9 Å². The van der Waals surface area contributed by atoms with Crippen LogP contribution in [-0.2, 0) is 11.2 Å². The third kappa shape index (κ3) is 5.04. The van der Waals surface area contributed by atoms with Crippen molar-refractivity contribution in [2.75, 3.05) is 13.6 Å². The number of aryl methyl sites for hydroxylation is 1. The van der Waals surface area contributed by atoms with Gasteiger partial charge in [-0.3, -0.25) is 0 Å². The zero-order chi connectivity index (χ0) is 22.7. The molecule has 170 valence electrons. The molecular formula is C27H33FN2O2. The molecule has 1 saturated carbocycles. The minimum absolute atomic E-state index is 0.304. The van der Waals surface area contributed by atoms with Crippen LogP contribution in [0.2, 0.25) is 0 Å². The molecule has 1 atom stereocenters. The Morgan fingerprint density at radius 2 is 1.88 bits per heavy atom. The lowest BCUT2D eigenvalue weighted by atomic mass is 9.94. The molecule has 1 heterocycles. The molecule has 1 aliphatic carbocycles. The highest BCUT2D eigenvalue weighted by molar-refractivity contribution is 6.05. The van der Waals surface area contributed by atoms with Crippen molar-refractivity contribution in [2.24, 2.45) is 0 Å². The fourth-order valence-corrected chi connectivity index (χ4v) is 4.82. The van der Waals surface area contributed by atoms with Crippen LogP contribution in [-0.4, -0.2) is 35.5 Å². The van der Waals surface area contributed by atoms with Gasteiger partial charge < -0.3 is 14.6 Å². The van der Waals surface area contributed by atoms with Gasteiger partial charge >= 0.3 is 5.97 Å². The summed E-state index contributed by atoms with van der Waals surface area (Å²) < 4.78 is 18.9. The van der Waals surface area contributed by atoms with Gasteiger partial charge in [0, 0.05) is 29.2 Å². The van der Waals surface area contributed by atoms with Crippen molar-refractivity contribution < 1.29 is 13.9 Å². The minimum atomic E-state index is -0.459. The molecule has 1 N–H and O–H groups in total. The predicted octanol–water partition coefficient (Wildman–Crippen LogP) is 6.34. The maximum Gasteiger partial charge on any atom is 0.341 e. The molecule has 1 unspecified atom stereocenters. The molecule has 4 nitrogen and oxygen atoms in total. The molecule has 4 rings (SSSR count). The first kappa shape index (κ1) is 22.5. The van der Waals surface area contributed by atoms with Crippen LogP contribution in [0, 0.1) is 12.7 Å². The van der Waals surface area contributed by atoms with Crippen LogP contribution in [0.15, 0.2) is 42.5 Å². The van der Waals surface area contributed by atoms with Crippen LogP contribution in [0.4, 0.5) is 4.39 Å². The first-order valence-corrected chi connectivity index (χ1v) is 11.7. The van der Waals surface area contributed by atoms with E-state index in [9.17, 15) is 9.18 Å². The van der Waals surface area contributed by atoms with Crippen molar-refractivity contribution in [3.05, 3.63) is 70.7 Å². The number of nitrogens with zero attached hydrogens (tertiary/aromatic N) is 1. The lowest BCUT2D eigenvalue weighted by Crippen LogP contribution is -2.34. The largest absolute Gasteiger partial charge is 0.454 e. The fraction of sp³-hybridized carbons (Fsp3) is 0.444. The van der Waals surface area contributed by atoms with Crippen molar-refractivity contribution in [2.45, 2.75) is 64.5 Å². The smallest absolute Gasteiger partial charge is 0.341 e. The maximum atomic E-state index is 13.2. The summed E-state index contributed by atoms with van der Waals surface area (Å²) >= 11 is 0. The van der Waals surface area contributed by atoms with Gasteiger partial charge in [-0.1, -0.05) is 37.5 Å². The number of likely N-dealkylation sites (N-methyl/N-ethyl adjacent to an activating group) is 1.